The van der Waals surface area contributed by atoms with Crippen molar-refractivity contribution in [3.05, 3.63) is 0 Å². The van der Waals surface area contributed by atoms with E-state index in [1.54, 1.807) is 13.8 Å². The quantitative estimate of drug-likeness (QED) is 0.475. The van der Waals surface area contributed by atoms with Crippen molar-refractivity contribution in [2.45, 2.75) is 13.8 Å². The summed E-state index contributed by atoms with van der Waals surface area (Å²) in [5.41, 5.74) is 9.33. The van der Waals surface area contributed by atoms with Crippen LogP contribution in [0.3, 0.4) is 0 Å². The minimum Gasteiger partial charge on any atom is -0.369 e. The Kier molecular flexibility index (Phi) is 3.69. The number of hydrogen-bond acceptors (Lipinski definition) is 3. The van der Waals surface area contributed by atoms with Crippen LogP contribution < -0.4 is 16.8 Å². The molecule has 0 aromatic heterocycles. The number of carbonyl (C=O) groups excluding carboxylic acids is 2. The molecule has 5 nitrogen and oxygen atoms in total. The summed E-state index contributed by atoms with van der Waals surface area (Å²) in [6.07, 6.45) is 0. The molecule has 0 aliphatic carbocycles. The third-order valence-corrected chi connectivity index (χ3v) is 1.53. The lowest BCUT2D eigenvalue weighted by Gasteiger charge is -2.20. The van der Waals surface area contributed by atoms with Gasteiger partial charge < -0.3 is 16.8 Å². The summed E-state index contributed by atoms with van der Waals surface area (Å²) in [5, 5.41) is 2.73. The van der Waals surface area contributed by atoms with Crippen LogP contribution in [0.5, 0.6) is 0 Å². The Bertz CT molecular complexity index is 189. The molecule has 0 unspecified atom stereocenters. The zero-order valence-electron chi connectivity index (χ0n) is 7.39. The highest BCUT2D eigenvalue weighted by Crippen LogP contribution is 2.11. The summed E-state index contributed by atoms with van der Waals surface area (Å²) >= 11 is 0. The molecular weight excluding hydrogens is 158 g/mol. The van der Waals surface area contributed by atoms with Crippen molar-refractivity contribution in [1.29, 1.82) is 0 Å². The molecule has 0 aliphatic rings. The minimum atomic E-state index is -0.643. The normalized spacial score (nSPS) is 11.2. The molecule has 2 amide bonds. The highest BCUT2D eigenvalue weighted by molar-refractivity contribution is 5.80. The van der Waals surface area contributed by atoms with Gasteiger partial charge in [-0.1, -0.05) is 0 Å². The van der Waals surface area contributed by atoms with E-state index in [0.717, 1.165) is 0 Å². The Hall–Kier alpha value is -1.10. The van der Waals surface area contributed by atoms with Crippen LogP contribution in [0.4, 0.5) is 0 Å². The van der Waals surface area contributed by atoms with Gasteiger partial charge >= 0.3 is 0 Å². The molecule has 5 N–H and O–H groups in total. The molecule has 0 heterocycles. The molecule has 0 spiro atoms. The first-order valence-corrected chi connectivity index (χ1v) is 3.65. The molecule has 5 heteroatoms. The second-order valence-corrected chi connectivity index (χ2v) is 3.32. The number of carbonyl (C=O) groups is 2. The maximum Gasteiger partial charge on any atom is 0.231 e. The Morgan fingerprint density at radius 1 is 1.33 bits per heavy atom. The van der Waals surface area contributed by atoms with E-state index in [9.17, 15) is 9.59 Å². The molecule has 0 bridgehead atoms. The van der Waals surface area contributed by atoms with E-state index in [-0.39, 0.29) is 6.54 Å². The van der Waals surface area contributed by atoms with Gasteiger partial charge in [0.25, 0.3) is 0 Å². The van der Waals surface area contributed by atoms with Crippen molar-refractivity contribution in [2.75, 3.05) is 13.1 Å². The standard InChI is InChI=1S/C7H15N3O2/c1-7(2,6(9)12)4-10-3-5(8)11/h10H,3-4H2,1-2H3,(H2,8,11)(H2,9,12). The molecule has 0 fully saturated rings. The lowest BCUT2D eigenvalue weighted by Crippen LogP contribution is -2.42. The van der Waals surface area contributed by atoms with Crippen molar-refractivity contribution in [3.63, 3.8) is 0 Å². The van der Waals surface area contributed by atoms with E-state index in [0.29, 0.717) is 6.54 Å². The molecule has 70 valence electrons. The van der Waals surface area contributed by atoms with Crippen molar-refractivity contribution in [2.24, 2.45) is 16.9 Å². The summed E-state index contributed by atoms with van der Waals surface area (Å²) in [6.45, 7) is 3.81. The highest BCUT2D eigenvalue weighted by atomic mass is 16.1. The smallest absolute Gasteiger partial charge is 0.231 e. The molecule has 0 saturated heterocycles. The molecule has 0 aromatic carbocycles. The van der Waals surface area contributed by atoms with Crippen molar-refractivity contribution >= 4 is 11.8 Å². The van der Waals surface area contributed by atoms with Gasteiger partial charge in [-0.25, -0.2) is 0 Å². The molecule has 0 aromatic rings. The minimum absolute atomic E-state index is 0.0662. The van der Waals surface area contributed by atoms with Crippen LogP contribution in [-0.2, 0) is 9.59 Å². The predicted octanol–water partition coefficient (Wildman–Crippen LogP) is -1.43. The van der Waals surface area contributed by atoms with E-state index >= 15 is 0 Å². The van der Waals surface area contributed by atoms with Gasteiger partial charge in [0.15, 0.2) is 0 Å². The molecule has 0 atom stereocenters. The summed E-state index contributed by atoms with van der Waals surface area (Å²) < 4.78 is 0. The Morgan fingerprint density at radius 2 is 1.83 bits per heavy atom. The molecule has 0 rings (SSSR count). The van der Waals surface area contributed by atoms with Gasteiger partial charge in [-0.05, 0) is 13.8 Å². The molecule has 0 aliphatic heterocycles. The summed E-state index contributed by atoms with van der Waals surface area (Å²) in [5.74, 6) is -0.852. The first-order chi connectivity index (χ1) is 5.36. The predicted molar refractivity (Wildman–Crippen MR) is 45.0 cm³/mol. The van der Waals surface area contributed by atoms with Crippen LogP contribution in [0.1, 0.15) is 13.8 Å². The van der Waals surface area contributed by atoms with Crippen LogP contribution >= 0.6 is 0 Å². The summed E-state index contributed by atoms with van der Waals surface area (Å²) in [6, 6.07) is 0. The Morgan fingerprint density at radius 3 is 2.17 bits per heavy atom. The third-order valence-electron chi connectivity index (χ3n) is 1.53. The van der Waals surface area contributed by atoms with Gasteiger partial charge in [0, 0.05) is 6.54 Å². The number of nitrogens with one attached hydrogen (secondary N) is 1. The average Bonchev–Trinajstić information content (AvgIpc) is 1.85. The fourth-order valence-electron chi connectivity index (χ4n) is 0.585. The van der Waals surface area contributed by atoms with Gasteiger partial charge in [-0.15, -0.1) is 0 Å². The van der Waals surface area contributed by atoms with Crippen LogP contribution in [0.2, 0.25) is 0 Å². The van der Waals surface area contributed by atoms with Crippen LogP contribution in [0, 0.1) is 5.41 Å². The zero-order valence-corrected chi connectivity index (χ0v) is 7.39. The molecule has 0 saturated carbocycles. The van der Waals surface area contributed by atoms with Gasteiger partial charge in [0.05, 0.1) is 12.0 Å². The number of rotatable bonds is 5. The Labute approximate surface area is 71.5 Å². The summed E-state index contributed by atoms with van der Waals surface area (Å²) in [4.78, 5) is 21.1. The molecular formula is C7H15N3O2. The van der Waals surface area contributed by atoms with Gasteiger partial charge in [0.2, 0.25) is 11.8 Å². The lowest BCUT2D eigenvalue weighted by molar-refractivity contribution is -0.126. The van der Waals surface area contributed by atoms with Gasteiger partial charge in [0.1, 0.15) is 0 Å². The van der Waals surface area contributed by atoms with E-state index < -0.39 is 17.2 Å². The highest BCUT2D eigenvalue weighted by Gasteiger charge is 2.24. The third kappa shape index (κ3) is 3.92. The van der Waals surface area contributed by atoms with Crippen LogP contribution in [-0.4, -0.2) is 24.9 Å². The van der Waals surface area contributed by atoms with Crippen LogP contribution in [0.25, 0.3) is 0 Å². The molecule has 0 radical (unpaired) electrons. The number of hydrogen-bond donors (Lipinski definition) is 3. The van der Waals surface area contributed by atoms with Crippen molar-refractivity contribution in [1.82, 2.24) is 5.32 Å². The van der Waals surface area contributed by atoms with Crippen LogP contribution in [0.15, 0.2) is 0 Å². The lowest BCUT2D eigenvalue weighted by atomic mass is 9.93. The van der Waals surface area contributed by atoms with E-state index in [1.807, 2.05) is 0 Å². The zero-order chi connectivity index (χ0) is 9.78. The van der Waals surface area contributed by atoms with Crippen molar-refractivity contribution < 1.29 is 9.59 Å². The fraction of sp³-hybridized carbons (Fsp3) is 0.714. The van der Waals surface area contributed by atoms with E-state index in [2.05, 4.69) is 5.32 Å². The largest absolute Gasteiger partial charge is 0.369 e. The first kappa shape index (κ1) is 10.9. The van der Waals surface area contributed by atoms with E-state index in [1.165, 1.54) is 0 Å². The molecule has 12 heavy (non-hydrogen) atoms. The van der Waals surface area contributed by atoms with Gasteiger partial charge in [-0.3, -0.25) is 9.59 Å². The Balaban J connectivity index is 3.76. The van der Waals surface area contributed by atoms with E-state index in [4.69, 9.17) is 11.5 Å². The number of primary amides is 2. The SMILES string of the molecule is CC(C)(CNCC(N)=O)C(N)=O. The maximum absolute atomic E-state index is 10.8. The topological polar surface area (TPSA) is 98.2 Å². The monoisotopic (exact) mass is 173 g/mol. The maximum atomic E-state index is 10.8. The number of nitrogens with two attached hydrogens (primary N) is 2. The first-order valence-electron chi connectivity index (χ1n) is 3.65. The summed E-state index contributed by atoms with van der Waals surface area (Å²) in [7, 11) is 0. The average molecular weight is 173 g/mol. The van der Waals surface area contributed by atoms with Gasteiger partial charge in [-0.2, -0.15) is 0 Å². The van der Waals surface area contributed by atoms with Crippen molar-refractivity contribution in [3.8, 4) is 0 Å². The second kappa shape index (κ2) is 4.06. The number of amides is 2. The fourth-order valence-corrected chi connectivity index (χ4v) is 0.585. The second-order valence-electron chi connectivity index (χ2n) is 3.32.